The lowest BCUT2D eigenvalue weighted by atomic mass is 10.1. The number of carbonyl (C=O) groups excluding carboxylic acids is 2. The Labute approximate surface area is 167 Å². The average Bonchev–Trinajstić information content (AvgIpc) is 3.15. The second kappa shape index (κ2) is 11.8. The molecule has 0 aromatic carbocycles. The van der Waals surface area contributed by atoms with Crippen LogP contribution in [-0.4, -0.2) is 69.2 Å². The summed E-state index contributed by atoms with van der Waals surface area (Å²) in [6, 6.07) is -3.12. The molecule has 0 fully saturated rings. The number of aliphatic carboxylic acids is 1. The van der Waals surface area contributed by atoms with E-state index < -0.39 is 35.9 Å². The molecule has 0 saturated carbocycles. The summed E-state index contributed by atoms with van der Waals surface area (Å²) in [5.41, 5.74) is 16.6. The molecule has 156 valence electrons. The number of nitrogens with zero attached hydrogens (tertiary/aromatic N) is 2. The maximum Gasteiger partial charge on any atom is 0.326 e. The molecule has 3 atom stereocenters. The molecular formula is C15H26N8O4S. The Morgan fingerprint density at radius 3 is 2.46 bits per heavy atom. The van der Waals surface area contributed by atoms with E-state index >= 15 is 0 Å². The predicted molar refractivity (Wildman–Crippen MR) is 106 cm³/mol. The van der Waals surface area contributed by atoms with Crippen LogP contribution in [0.3, 0.4) is 0 Å². The zero-order valence-electron chi connectivity index (χ0n) is 15.2. The van der Waals surface area contributed by atoms with E-state index in [0.29, 0.717) is 12.1 Å². The van der Waals surface area contributed by atoms with Gasteiger partial charge in [-0.25, -0.2) is 9.78 Å². The molecule has 0 aliphatic rings. The highest BCUT2D eigenvalue weighted by Gasteiger charge is 2.28. The van der Waals surface area contributed by atoms with E-state index in [-0.39, 0.29) is 31.1 Å². The maximum atomic E-state index is 12.6. The lowest BCUT2D eigenvalue weighted by molar-refractivity contribution is -0.142. The monoisotopic (exact) mass is 414 g/mol. The Kier molecular flexibility index (Phi) is 9.81. The lowest BCUT2D eigenvalue weighted by Gasteiger charge is -2.22. The first kappa shape index (κ1) is 23.2. The fourth-order valence-electron chi connectivity index (χ4n) is 2.22. The highest BCUT2D eigenvalue weighted by Crippen LogP contribution is 2.04. The van der Waals surface area contributed by atoms with Crippen LogP contribution in [0.15, 0.2) is 17.5 Å². The van der Waals surface area contributed by atoms with Gasteiger partial charge >= 0.3 is 5.97 Å². The first-order chi connectivity index (χ1) is 13.2. The van der Waals surface area contributed by atoms with Gasteiger partial charge in [0.05, 0.1) is 12.4 Å². The van der Waals surface area contributed by atoms with E-state index in [0.717, 1.165) is 0 Å². The number of aromatic nitrogens is 2. The van der Waals surface area contributed by atoms with Gasteiger partial charge in [-0.1, -0.05) is 0 Å². The van der Waals surface area contributed by atoms with Crippen molar-refractivity contribution in [3.05, 3.63) is 18.2 Å². The SMILES string of the molecule is NC(N)=NCCCC(NC(=O)C(Cc1cnc[nH]1)NC(=O)C(N)CS)C(=O)O. The Morgan fingerprint density at radius 1 is 1.25 bits per heavy atom. The molecule has 1 aromatic heterocycles. The maximum absolute atomic E-state index is 12.6. The molecule has 0 saturated heterocycles. The molecule has 10 N–H and O–H groups in total. The first-order valence-electron chi connectivity index (χ1n) is 8.47. The van der Waals surface area contributed by atoms with Crippen LogP contribution in [0.5, 0.6) is 0 Å². The van der Waals surface area contributed by atoms with Crippen LogP contribution in [0.2, 0.25) is 0 Å². The van der Waals surface area contributed by atoms with Gasteiger partial charge in [-0.05, 0) is 12.8 Å². The Hall–Kier alpha value is -2.80. The number of rotatable bonds is 12. The van der Waals surface area contributed by atoms with Crippen LogP contribution in [-0.2, 0) is 20.8 Å². The van der Waals surface area contributed by atoms with Gasteiger partial charge in [0.25, 0.3) is 0 Å². The van der Waals surface area contributed by atoms with Crippen molar-refractivity contribution in [3.63, 3.8) is 0 Å². The van der Waals surface area contributed by atoms with Crippen LogP contribution in [0, 0.1) is 0 Å². The van der Waals surface area contributed by atoms with Crippen molar-refractivity contribution in [2.75, 3.05) is 12.3 Å². The van der Waals surface area contributed by atoms with Crippen molar-refractivity contribution in [2.24, 2.45) is 22.2 Å². The van der Waals surface area contributed by atoms with Crippen LogP contribution < -0.4 is 27.8 Å². The highest BCUT2D eigenvalue weighted by molar-refractivity contribution is 7.80. The molecular weight excluding hydrogens is 388 g/mol. The summed E-state index contributed by atoms with van der Waals surface area (Å²) in [4.78, 5) is 46.6. The summed E-state index contributed by atoms with van der Waals surface area (Å²) < 4.78 is 0. The van der Waals surface area contributed by atoms with Crippen LogP contribution in [0.25, 0.3) is 0 Å². The number of carbonyl (C=O) groups is 3. The van der Waals surface area contributed by atoms with Gasteiger partial charge in [-0.15, -0.1) is 0 Å². The molecule has 12 nitrogen and oxygen atoms in total. The Morgan fingerprint density at radius 2 is 1.93 bits per heavy atom. The fraction of sp³-hybridized carbons (Fsp3) is 0.533. The predicted octanol–water partition coefficient (Wildman–Crippen LogP) is -2.68. The van der Waals surface area contributed by atoms with Crippen molar-refractivity contribution in [2.45, 2.75) is 37.4 Å². The number of nitrogens with two attached hydrogens (primary N) is 3. The van der Waals surface area contributed by atoms with Gasteiger partial charge in [-0.2, -0.15) is 12.6 Å². The van der Waals surface area contributed by atoms with Crippen LogP contribution >= 0.6 is 12.6 Å². The van der Waals surface area contributed by atoms with Gasteiger partial charge < -0.3 is 37.9 Å². The number of imidazole rings is 1. The van der Waals surface area contributed by atoms with E-state index in [4.69, 9.17) is 17.2 Å². The zero-order chi connectivity index (χ0) is 21.1. The fourth-order valence-corrected chi connectivity index (χ4v) is 2.39. The van der Waals surface area contributed by atoms with Gasteiger partial charge in [0, 0.05) is 30.6 Å². The summed E-state index contributed by atoms with van der Waals surface area (Å²) in [6.45, 7) is 0.229. The average molecular weight is 414 g/mol. The minimum atomic E-state index is -1.21. The molecule has 2 amide bonds. The van der Waals surface area contributed by atoms with Gasteiger partial charge in [0.2, 0.25) is 11.8 Å². The molecule has 1 rings (SSSR count). The van der Waals surface area contributed by atoms with Gasteiger partial charge in [0.15, 0.2) is 5.96 Å². The number of guanidine groups is 1. The molecule has 0 spiro atoms. The molecule has 3 unspecified atom stereocenters. The highest BCUT2D eigenvalue weighted by atomic mass is 32.1. The molecule has 0 aliphatic heterocycles. The normalized spacial score (nSPS) is 13.8. The number of H-pyrrole nitrogens is 1. The molecule has 13 heteroatoms. The molecule has 1 heterocycles. The summed E-state index contributed by atoms with van der Waals surface area (Å²) in [5, 5.41) is 14.3. The number of aliphatic imine (C=N–C) groups is 1. The largest absolute Gasteiger partial charge is 0.480 e. The standard InChI is InChI=1S/C15H26N8O4S/c16-9(6-28)12(24)23-11(4-8-5-19-7-21-8)13(25)22-10(14(26)27)2-1-3-20-15(17)18/h5,7,9-11,28H,1-4,6,16H2,(H,19,21)(H,22,25)(H,23,24)(H,26,27)(H4,17,18,20). The molecule has 28 heavy (non-hydrogen) atoms. The second-order valence-corrected chi connectivity index (χ2v) is 6.34. The van der Waals surface area contributed by atoms with Crippen molar-refractivity contribution < 1.29 is 19.5 Å². The van der Waals surface area contributed by atoms with E-state index in [1.807, 2.05) is 0 Å². The number of thiol groups is 1. The minimum absolute atomic E-state index is 0.0806. The van der Waals surface area contributed by atoms with Gasteiger partial charge in [0.1, 0.15) is 12.1 Å². The quantitative estimate of drug-likeness (QED) is 0.0778. The Bertz CT molecular complexity index is 678. The second-order valence-electron chi connectivity index (χ2n) is 5.98. The smallest absolute Gasteiger partial charge is 0.326 e. The van der Waals surface area contributed by atoms with Crippen molar-refractivity contribution >= 4 is 36.4 Å². The number of carboxylic acid groups (broad SMARTS) is 1. The van der Waals surface area contributed by atoms with Crippen LogP contribution in [0.4, 0.5) is 0 Å². The number of hydrogen-bond acceptors (Lipinski definition) is 7. The lowest BCUT2D eigenvalue weighted by Crippen LogP contribution is -2.55. The van der Waals surface area contributed by atoms with Crippen molar-refractivity contribution in [3.8, 4) is 0 Å². The number of amides is 2. The summed E-state index contributed by atoms with van der Waals surface area (Å²) in [6.07, 6.45) is 3.46. The molecule has 0 aliphatic carbocycles. The minimum Gasteiger partial charge on any atom is -0.480 e. The Balaban J connectivity index is 2.79. The topological polar surface area (TPSA) is 215 Å². The summed E-state index contributed by atoms with van der Waals surface area (Å²) in [5.74, 6) is -2.46. The van der Waals surface area contributed by atoms with Crippen LogP contribution in [0.1, 0.15) is 18.5 Å². The third-order valence-electron chi connectivity index (χ3n) is 3.71. The van der Waals surface area contributed by atoms with E-state index in [2.05, 4.69) is 38.2 Å². The van der Waals surface area contributed by atoms with E-state index in [1.165, 1.54) is 12.5 Å². The molecule has 1 aromatic rings. The number of aromatic amines is 1. The molecule has 0 radical (unpaired) electrons. The van der Waals surface area contributed by atoms with Crippen molar-refractivity contribution in [1.29, 1.82) is 0 Å². The zero-order valence-corrected chi connectivity index (χ0v) is 16.1. The molecule has 0 bridgehead atoms. The number of nitrogens with one attached hydrogen (secondary N) is 3. The number of hydrogen-bond donors (Lipinski definition) is 8. The van der Waals surface area contributed by atoms with Crippen molar-refractivity contribution in [1.82, 2.24) is 20.6 Å². The third kappa shape index (κ3) is 8.26. The summed E-state index contributed by atoms with van der Waals surface area (Å²) >= 11 is 3.95. The number of carboxylic acids is 1. The third-order valence-corrected chi connectivity index (χ3v) is 4.10. The van der Waals surface area contributed by atoms with E-state index in [1.54, 1.807) is 0 Å². The van der Waals surface area contributed by atoms with E-state index in [9.17, 15) is 19.5 Å². The summed E-state index contributed by atoms with van der Waals surface area (Å²) in [7, 11) is 0. The first-order valence-corrected chi connectivity index (χ1v) is 9.10. The van der Waals surface area contributed by atoms with Gasteiger partial charge in [-0.3, -0.25) is 14.6 Å².